The third-order valence-electron chi connectivity index (χ3n) is 3.36. The highest BCUT2D eigenvalue weighted by molar-refractivity contribution is 5.28. The minimum atomic E-state index is 0.322. The summed E-state index contributed by atoms with van der Waals surface area (Å²) in [5, 5.41) is 3.63. The fourth-order valence-corrected chi connectivity index (χ4v) is 2.29. The Morgan fingerprint density at radius 2 is 1.61 bits per heavy atom. The lowest BCUT2D eigenvalue weighted by Crippen LogP contribution is -2.23. The number of hydrogen-bond acceptors (Lipinski definition) is 2. The fourth-order valence-electron chi connectivity index (χ4n) is 2.29. The van der Waals surface area contributed by atoms with Crippen LogP contribution >= 0.6 is 0 Å². The Balaban J connectivity index is 2.08. The zero-order chi connectivity index (χ0) is 13.0. The molecule has 1 aromatic heterocycles. The quantitative estimate of drug-likeness (QED) is 0.879. The van der Waals surface area contributed by atoms with E-state index in [1.54, 1.807) is 0 Å². The summed E-state index contributed by atoms with van der Waals surface area (Å²) in [7, 11) is 0. The molecule has 0 aliphatic heterocycles. The Morgan fingerprint density at radius 1 is 0.944 bits per heavy atom. The minimum Gasteiger partial charge on any atom is -0.304 e. The molecule has 18 heavy (non-hydrogen) atoms. The monoisotopic (exact) mass is 240 g/mol. The first-order valence-electron chi connectivity index (χ1n) is 6.40. The molecule has 0 saturated carbocycles. The second kappa shape index (κ2) is 5.78. The second-order valence-corrected chi connectivity index (χ2v) is 4.75. The summed E-state index contributed by atoms with van der Waals surface area (Å²) in [6.07, 6.45) is 3.68. The van der Waals surface area contributed by atoms with E-state index in [1.165, 1.54) is 16.7 Å². The summed E-state index contributed by atoms with van der Waals surface area (Å²) >= 11 is 0. The van der Waals surface area contributed by atoms with E-state index >= 15 is 0 Å². The maximum atomic E-state index is 4.05. The molecule has 94 valence electrons. The maximum Gasteiger partial charge on any atom is 0.0300 e. The third kappa shape index (κ3) is 2.96. The summed E-state index contributed by atoms with van der Waals surface area (Å²) in [5.74, 6) is 0. The Bertz CT molecular complexity index is 493. The number of nitrogens with zero attached hydrogens (tertiary/aromatic N) is 1. The molecule has 1 unspecified atom stereocenters. The molecule has 0 aliphatic rings. The number of nitrogens with one attached hydrogen (secondary N) is 1. The van der Waals surface area contributed by atoms with Gasteiger partial charge >= 0.3 is 0 Å². The number of aryl methyl sites for hydroxylation is 1. The molecule has 0 spiro atoms. The standard InChI is InChI=1S/C16H20N2/c1-12-6-4-5-7-16(12)14(3)18-13(2)15-8-10-17-11-9-15/h4-11,13-14,18H,1-3H3/t13?,14-/m1/s1. The highest BCUT2D eigenvalue weighted by Gasteiger charge is 2.12. The van der Waals surface area contributed by atoms with Crippen molar-refractivity contribution in [2.24, 2.45) is 0 Å². The first kappa shape index (κ1) is 12.8. The van der Waals surface area contributed by atoms with Crippen molar-refractivity contribution in [3.63, 3.8) is 0 Å². The molecule has 2 rings (SSSR count). The molecule has 2 nitrogen and oxygen atoms in total. The van der Waals surface area contributed by atoms with Crippen LogP contribution in [-0.2, 0) is 0 Å². The predicted octanol–water partition coefficient (Wildman–Crippen LogP) is 3.80. The molecular weight excluding hydrogens is 220 g/mol. The average Bonchev–Trinajstić information content (AvgIpc) is 2.40. The van der Waals surface area contributed by atoms with Gasteiger partial charge in [0, 0.05) is 24.5 Å². The van der Waals surface area contributed by atoms with Crippen molar-refractivity contribution in [3.05, 3.63) is 65.5 Å². The molecular formula is C16H20N2. The van der Waals surface area contributed by atoms with Gasteiger partial charge in [0.2, 0.25) is 0 Å². The number of rotatable bonds is 4. The van der Waals surface area contributed by atoms with E-state index < -0.39 is 0 Å². The summed E-state index contributed by atoms with van der Waals surface area (Å²) in [6, 6.07) is 13.3. The molecule has 1 heterocycles. The highest BCUT2D eigenvalue weighted by atomic mass is 14.9. The fraction of sp³-hybridized carbons (Fsp3) is 0.312. The van der Waals surface area contributed by atoms with E-state index in [1.807, 2.05) is 12.4 Å². The average molecular weight is 240 g/mol. The SMILES string of the molecule is Cc1ccccc1[C@@H](C)NC(C)c1ccncc1. The largest absolute Gasteiger partial charge is 0.304 e. The highest BCUT2D eigenvalue weighted by Crippen LogP contribution is 2.21. The van der Waals surface area contributed by atoms with Gasteiger partial charge in [0.1, 0.15) is 0 Å². The van der Waals surface area contributed by atoms with Crippen LogP contribution in [0.5, 0.6) is 0 Å². The normalized spacial score (nSPS) is 14.2. The van der Waals surface area contributed by atoms with Gasteiger partial charge in [-0.25, -0.2) is 0 Å². The molecule has 0 saturated heterocycles. The zero-order valence-corrected chi connectivity index (χ0v) is 11.2. The van der Waals surface area contributed by atoms with Crippen molar-refractivity contribution in [3.8, 4) is 0 Å². The van der Waals surface area contributed by atoms with E-state index in [4.69, 9.17) is 0 Å². The summed E-state index contributed by atoms with van der Waals surface area (Å²) < 4.78 is 0. The van der Waals surface area contributed by atoms with Crippen LogP contribution in [0, 0.1) is 6.92 Å². The molecule has 0 radical (unpaired) electrons. The first-order valence-corrected chi connectivity index (χ1v) is 6.40. The van der Waals surface area contributed by atoms with Crippen molar-refractivity contribution in [1.29, 1.82) is 0 Å². The van der Waals surface area contributed by atoms with E-state index in [2.05, 4.69) is 67.5 Å². The van der Waals surface area contributed by atoms with Crippen molar-refractivity contribution < 1.29 is 0 Å². The summed E-state index contributed by atoms with van der Waals surface area (Å²) in [4.78, 5) is 4.05. The Labute approximate surface area is 109 Å². The number of aromatic nitrogens is 1. The van der Waals surface area contributed by atoms with Crippen LogP contribution in [0.4, 0.5) is 0 Å². The topological polar surface area (TPSA) is 24.9 Å². The van der Waals surface area contributed by atoms with Crippen molar-refractivity contribution in [1.82, 2.24) is 10.3 Å². The lowest BCUT2D eigenvalue weighted by atomic mass is 10.0. The maximum absolute atomic E-state index is 4.05. The van der Waals surface area contributed by atoms with Gasteiger partial charge < -0.3 is 5.32 Å². The molecule has 0 aliphatic carbocycles. The third-order valence-corrected chi connectivity index (χ3v) is 3.36. The van der Waals surface area contributed by atoms with Gasteiger partial charge in [-0.2, -0.15) is 0 Å². The van der Waals surface area contributed by atoms with Gasteiger partial charge in [0.05, 0.1) is 0 Å². The first-order chi connectivity index (χ1) is 8.68. The van der Waals surface area contributed by atoms with Crippen LogP contribution in [0.1, 0.15) is 42.6 Å². The zero-order valence-electron chi connectivity index (χ0n) is 11.2. The smallest absolute Gasteiger partial charge is 0.0300 e. The number of hydrogen-bond donors (Lipinski definition) is 1. The van der Waals surface area contributed by atoms with Gasteiger partial charge in [0.15, 0.2) is 0 Å². The van der Waals surface area contributed by atoms with Crippen LogP contribution in [0.2, 0.25) is 0 Å². The molecule has 1 N–H and O–H groups in total. The number of pyridine rings is 1. The molecule has 1 aromatic carbocycles. The van der Waals surface area contributed by atoms with Gasteiger partial charge in [0.25, 0.3) is 0 Å². The van der Waals surface area contributed by atoms with Crippen LogP contribution in [-0.4, -0.2) is 4.98 Å². The molecule has 0 bridgehead atoms. The van der Waals surface area contributed by atoms with Gasteiger partial charge in [-0.3, -0.25) is 4.98 Å². The van der Waals surface area contributed by atoms with Gasteiger partial charge in [-0.15, -0.1) is 0 Å². The Hall–Kier alpha value is -1.67. The summed E-state index contributed by atoms with van der Waals surface area (Å²) in [5.41, 5.74) is 3.96. The van der Waals surface area contributed by atoms with Crippen LogP contribution in [0.15, 0.2) is 48.8 Å². The molecule has 0 amide bonds. The predicted molar refractivity (Wildman–Crippen MR) is 75.4 cm³/mol. The van der Waals surface area contributed by atoms with Crippen LogP contribution < -0.4 is 5.32 Å². The molecule has 0 fully saturated rings. The lowest BCUT2D eigenvalue weighted by Gasteiger charge is -2.22. The minimum absolute atomic E-state index is 0.322. The van der Waals surface area contributed by atoms with Gasteiger partial charge in [-0.05, 0) is 49.6 Å². The van der Waals surface area contributed by atoms with Crippen molar-refractivity contribution in [2.45, 2.75) is 32.9 Å². The second-order valence-electron chi connectivity index (χ2n) is 4.75. The van der Waals surface area contributed by atoms with E-state index in [0.717, 1.165) is 0 Å². The molecule has 2 heteroatoms. The Morgan fingerprint density at radius 3 is 2.28 bits per heavy atom. The Kier molecular flexibility index (Phi) is 4.11. The molecule has 2 atom stereocenters. The van der Waals surface area contributed by atoms with E-state index in [-0.39, 0.29) is 0 Å². The van der Waals surface area contributed by atoms with Crippen LogP contribution in [0.25, 0.3) is 0 Å². The van der Waals surface area contributed by atoms with E-state index in [0.29, 0.717) is 12.1 Å². The lowest BCUT2D eigenvalue weighted by molar-refractivity contribution is 0.493. The molecule has 2 aromatic rings. The summed E-state index contributed by atoms with van der Waals surface area (Å²) in [6.45, 7) is 6.55. The van der Waals surface area contributed by atoms with Crippen molar-refractivity contribution in [2.75, 3.05) is 0 Å². The van der Waals surface area contributed by atoms with Crippen LogP contribution in [0.3, 0.4) is 0 Å². The van der Waals surface area contributed by atoms with E-state index in [9.17, 15) is 0 Å². The number of benzene rings is 1. The van der Waals surface area contributed by atoms with Gasteiger partial charge in [-0.1, -0.05) is 24.3 Å². The van der Waals surface area contributed by atoms with Crippen molar-refractivity contribution >= 4 is 0 Å².